The van der Waals surface area contributed by atoms with E-state index >= 15 is 0 Å². The minimum atomic E-state index is -0.460. The average molecular weight is 603 g/mol. The Bertz CT molecular complexity index is 1760. The van der Waals surface area contributed by atoms with E-state index in [0.717, 1.165) is 35.8 Å². The number of aromatic nitrogens is 4. The number of nitrogens with one attached hydrogen (secondary N) is 2. The minimum absolute atomic E-state index is 0.0141. The Morgan fingerprint density at radius 2 is 1.83 bits per heavy atom. The van der Waals surface area contributed by atoms with Gasteiger partial charge in [0.15, 0.2) is 0 Å². The Kier molecular flexibility index (Phi) is 7.72. The lowest BCUT2D eigenvalue weighted by Crippen LogP contribution is -2.14. The molecule has 1 aliphatic carbocycles. The molecule has 1 fully saturated rings. The van der Waals surface area contributed by atoms with E-state index < -0.39 is 6.04 Å². The fraction of sp³-hybridized carbons (Fsp3) is 0.226. The topological polar surface area (TPSA) is 91.5 Å². The number of halogens is 3. The summed E-state index contributed by atoms with van der Waals surface area (Å²) in [4.78, 5) is 4.52. The maximum absolute atomic E-state index is 10.0. The lowest BCUT2D eigenvalue weighted by atomic mass is 10.0. The van der Waals surface area contributed by atoms with Crippen LogP contribution in [0.3, 0.4) is 0 Å². The number of fused-ring (bicyclic) bond motifs is 1. The Morgan fingerprint density at radius 3 is 2.56 bits per heavy atom. The fourth-order valence-electron chi connectivity index (χ4n) is 5.03. The van der Waals surface area contributed by atoms with Crippen LogP contribution in [-0.4, -0.2) is 20.0 Å². The van der Waals surface area contributed by atoms with Crippen LogP contribution < -0.4 is 10.6 Å². The number of benzene rings is 3. The predicted octanol–water partition coefficient (Wildman–Crippen LogP) is 8.76. The van der Waals surface area contributed by atoms with Crippen molar-refractivity contribution in [3.8, 4) is 6.07 Å². The van der Waals surface area contributed by atoms with Gasteiger partial charge in [-0.15, -0.1) is 5.10 Å². The highest BCUT2D eigenvalue weighted by Gasteiger charge is 2.28. The van der Waals surface area contributed by atoms with Crippen LogP contribution in [0, 0.1) is 11.3 Å². The normalized spacial score (nSPS) is 14.4. The highest BCUT2D eigenvalue weighted by atomic mass is 35.5. The summed E-state index contributed by atoms with van der Waals surface area (Å²) in [7, 11) is 0. The third kappa shape index (κ3) is 5.56. The van der Waals surface area contributed by atoms with Crippen LogP contribution in [0.2, 0.25) is 15.1 Å². The standard InChI is InChI=1S/C31H26Cl3N7/c1-2-26(18-7-4-3-5-8-18)38-29-19(15-35)16-36-30-23(29)13-20(14-25(30)33)37-31(22-9-6-10-24(32)28(22)34)27-17-41(40-39-27)21-11-12-21/h3-10,13-14,16-17,21,26,31,37H,2,11-12H2,1H3,(H,36,38)/t26-,31+/m1/s1. The van der Waals surface area contributed by atoms with E-state index in [-0.39, 0.29) is 6.04 Å². The van der Waals surface area contributed by atoms with E-state index in [9.17, 15) is 5.26 Å². The molecular weight excluding hydrogens is 577 g/mol. The molecule has 0 saturated heterocycles. The molecule has 0 spiro atoms. The zero-order chi connectivity index (χ0) is 28.5. The van der Waals surface area contributed by atoms with Crippen LogP contribution in [0.5, 0.6) is 0 Å². The molecule has 0 unspecified atom stereocenters. The van der Waals surface area contributed by atoms with Crippen LogP contribution in [0.25, 0.3) is 10.9 Å². The molecule has 0 radical (unpaired) electrons. The Balaban J connectivity index is 1.45. The van der Waals surface area contributed by atoms with E-state index in [2.05, 4.69) is 51.1 Å². The summed E-state index contributed by atoms with van der Waals surface area (Å²) in [5.41, 5.74) is 5.00. The van der Waals surface area contributed by atoms with Crippen LogP contribution in [0.1, 0.15) is 66.7 Å². The van der Waals surface area contributed by atoms with Crippen molar-refractivity contribution in [3.05, 3.63) is 111 Å². The minimum Gasteiger partial charge on any atom is -0.377 e. The summed E-state index contributed by atoms with van der Waals surface area (Å²) in [6.07, 6.45) is 6.50. The molecule has 2 heterocycles. The van der Waals surface area contributed by atoms with E-state index in [1.807, 2.05) is 53.3 Å². The maximum Gasteiger partial charge on any atom is 0.110 e. The number of nitrogens with zero attached hydrogens (tertiary/aromatic N) is 5. The van der Waals surface area contributed by atoms with Crippen LogP contribution in [0.4, 0.5) is 11.4 Å². The zero-order valence-electron chi connectivity index (χ0n) is 22.2. The van der Waals surface area contributed by atoms with Gasteiger partial charge in [0.05, 0.1) is 56.2 Å². The molecular formula is C31H26Cl3N7. The monoisotopic (exact) mass is 601 g/mol. The van der Waals surface area contributed by atoms with Gasteiger partial charge in [0.1, 0.15) is 11.8 Å². The van der Waals surface area contributed by atoms with Gasteiger partial charge in [-0.05, 0) is 43.0 Å². The first-order valence-corrected chi connectivity index (χ1v) is 14.6. The highest BCUT2D eigenvalue weighted by molar-refractivity contribution is 6.42. The van der Waals surface area contributed by atoms with Crippen molar-refractivity contribution in [2.24, 2.45) is 0 Å². The van der Waals surface area contributed by atoms with E-state index in [1.54, 1.807) is 12.3 Å². The SMILES string of the molecule is CC[C@@H](Nc1c(C#N)cnc2c(Cl)cc(N[C@H](c3cn(C4CC4)nn3)c3cccc(Cl)c3Cl)cc12)c1ccccc1. The Morgan fingerprint density at radius 1 is 1.02 bits per heavy atom. The number of rotatable bonds is 9. The first kappa shape index (κ1) is 27.3. The van der Waals surface area contributed by atoms with Crippen molar-refractivity contribution < 1.29 is 0 Å². The molecule has 0 aliphatic heterocycles. The predicted molar refractivity (Wildman–Crippen MR) is 165 cm³/mol. The molecule has 41 heavy (non-hydrogen) atoms. The fourth-order valence-corrected chi connectivity index (χ4v) is 5.71. The second-order valence-corrected chi connectivity index (χ2v) is 11.3. The smallest absolute Gasteiger partial charge is 0.110 e. The van der Waals surface area contributed by atoms with E-state index in [0.29, 0.717) is 49.3 Å². The van der Waals surface area contributed by atoms with Gasteiger partial charge in [-0.25, -0.2) is 4.68 Å². The van der Waals surface area contributed by atoms with Crippen molar-refractivity contribution in [3.63, 3.8) is 0 Å². The van der Waals surface area contributed by atoms with Gasteiger partial charge in [-0.3, -0.25) is 4.98 Å². The molecule has 1 saturated carbocycles. The number of anilines is 2. The van der Waals surface area contributed by atoms with E-state index in [4.69, 9.17) is 34.8 Å². The molecule has 6 rings (SSSR count). The van der Waals surface area contributed by atoms with Crippen molar-refractivity contribution in [2.45, 2.75) is 44.3 Å². The maximum atomic E-state index is 10.0. The van der Waals surface area contributed by atoms with Gasteiger partial charge in [0.25, 0.3) is 0 Å². The third-order valence-corrected chi connectivity index (χ3v) is 8.44. The van der Waals surface area contributed by atoms with Crippen molar-refractivity contribution in [1.82, 2.24) is 20.0 Å². The summed E-state index contributed by atoms with van der Waals surface area (Å²) < 4.78 is 1.90. The van der Waals surface area contributed by atoms with Crippen LogP contribution in [-0.2, 0) is 0 Å². The molecule has 1 aliphatic rings. The molecule has 206 valence electrons. The molecule has 3 aromatic carbocycles. The van der Waals surface area contributed by atoms with Crippen LogP contribution in [0.15, 0.2) is 73.1 Å². The lowest BCUT2D eigenvalue weighted by Gasteiger charge is -2.23. The number of hydrogen-bond donors (Lipinski definition) is 2. The first-order valence-electron chi connectivity index (χ1n) is 13.4. The summed E-state index contributed by atoms with van der Waals surface area (Å²) in [6, 6.07) is 21.6. The second-order valence-electron chi connectivity index (χ2n) is 10.1. The van der Waals surface area contributed by atoms with Crippen LogP contribution >= 0.6 is 34.8 Å². The van der Waals surface area contributed by atoms with E-state index in [1.165, 1.54) is 0 Å². The summed E-state index contributed by atoms with van der Waals surface area (Å²) in [5, 5.41) is 28.1. The van der Waals surface area contributed by atoms with Gasteiger partial charge >= 0.3 is 0 Å². The van der Waals surface area contributed by atoms with Crippen molar-refractivity contribution in [2.75, 3.05) is 10.6 Å². The quantitative estimate of drug-likeness (QED) is 0.175. The molecule has 10 heteroatoms. The molecule has 0 bridgehead atoms. The van der Waals surface area contributed by atoms with Gasteiger partial charge in [0, 0.05) is 22.8 Å². The van der Waals surface area contributed by atoms with Gasteiger partial charge in [-0.2, -0.15) is 5.26 Å². The van der Waals surface area contributed by atoms with Gasteiger partial charge in [-0.1, -0.05) is 89.4 Å². The number of nitriles is 1. The van der Waals surface area contributed by atoms with Gasteiger partial charge < -0.3 is 10.6 Å². The molecule has 2 aromatic heterocycles. The Hall–Kier alpha value is -3.83. The second kappa shape index (κ2) is 11.6. The Labute approximate surface area is 253 Å². The molecule has 2 N–H and O–H groups in total. The average Bonchev–Trinajstić information content (AvgIpc) is 3.73. The summed E-state index contributed by atoms with van der Waals surface area (Å²) in [5.74, 6) is 0. The zero-order valence-corrected chi connectivity index (χ0v) is 24.4. The first-order chi connectivity index (χ1) is 20.0. The third-order valence-electron chi connectivity index (χ3n) is 7.32. The molecule has 5 aromatic rings. The summed E-state index contributed by atoms with van der Waals surface area (Å²) >= 11 is 19.9. The number of pyridine rings is 1. The molecule has 7 nitrogen and oxygen atoms in total. The molecule has 2 atom stereocenters. The lowest BCUT2D eigenvalue weighted by molar-refractivity contribution is 0.610. The van der Waals surface area contributed by atoms with Gasteiger partial charge in [0.2, 0.25) is 0 Å². The number of hydrogen-bond acceptors (Lipinski definition) is 6. The van der Waals surface area contributed by atoms with Crippen molar-refractivity contribution >= 4 is 57.1 Å². The highest BCUT2D eigenvalue weighted by Crippen LogP contribution is 2.40. The largest absolute Gasteiger partial charge is 0.377 e. The summed E-state index contributed by atoms with van der Waals surface area (Å²) in [6.45, 7) is 2.11. The molecule has 0 amide bonds. The van der Waals surface area contributed by atoms with Crippen molar-refractivity contribution in [1.29, 1.82) is 5.26 Å².